The van der Waals surface area contributed by atoms with Crippen LogP contribution in [-0.2, 0) is 38.5 Å². The van der Waals surface area contributed by atoms with Crippen molar-refractivity contribution < 1.29 is 0 Å². The lowest BCUT2D eigenvalue weighted by atomic mass is 9.86. The maximum absolute atomic E-state index is 2.44. The molecule has 8 aromatic carbocycles. The van der Waals surface area contributed by atoms with Crippen molar-refractivity contribution in [1.29, 1.82) is 0 Å². The van der Waals surface area contributed by atoms with Gasteiger partial charge in [-0.15, -0.1) is 0 Å². The van der Waals surface area contributed by atoms with E-state index in [0.717, 1.165) is 32.1 Å². The molecular weight excluding hydrogens is 721 g/mol. The first-order chi connectivity index (χ1) is 29.7. The standard InChI is InChI=1S/C20H16.2C20H14/c1-3-7-16-14(6-1)12-19-18(16)10-9-15-11-13-5-2-4-8-17(13)20(15)19;1-3-7-17-13(5-1)9-15-11-20-16(12-19(15)17)10-14-6-2-4-8-18(14)20;1-3-7-17-13(5-1)9-15-11-16-10-14-6-2-4-8-18(14)20(16)12-19(15)17/h1-10,13,17H,11-12H2;2*1-8,11-12H,9-10H2. The summed E-state index contributed by atoms with van der Waals surface area (Å²) in [6.07, 6.45) is 15.9. The highest BCUT2D eigenvalue weighted by Gasteiger charge is 2.35. The third-order valence-electron chi connectivity index (χ3n) is 14.6. The van der Waals surface area contributed by atoms with Gasteiger partial charge in [-0.2, -0.15) is 0 Å². The fourth-order valence-corrected chi connectivity index (χ4v) is 11.8. The van der Waals surface area contributed by atoms with Crippen LogP contribution in [0.5, 0.6) is 0 Å². The minimum absolute atomic E-state index is 0.610. The highest BCUT2D eigenvalue weighted by atomic mass is 14.4. The van der Waals surface area contributed by atoms with Gasteiger partial charge in [-0.05, 0) is 185 Å². The Morgan fingerprint density at radius 2 is 0.683 bits per heavy atom. The van der Waals surface area contributed by atoms with Gasteiger partial charge in [0.15, 0.2) is 0 Å². The van der Waals surface area contributed by atoms with Crippen LogP contribution >= 0.6 is 0 Å². The SMILES string of the molecule is C1=CC2Cc3ccc4c(c3C2C=C1)Cc1ccccc1-4.c1ccc2c(c1)Cc1cc3c(cc1-2)-c1ccccc1C3.c1ccc2c(c1)Cc1cc3c(cc1-2)Cc1ccccc1-3. The van der Waals surface area contributed by atoms with Crippen molar-refractivity contribution in [1.82, 2.24) is 0 Å². The van der Waals surface area contributed by atoms with Gasteiger partial charge in [0.25, 0.3) is 0 Å². The molecule has 8 aromatic rings. The molecule has 284 valence electrons. The number of allylic oxidation sites excluding steroid dienone is 4. The van der Waals surface area contributed by atoms with Gasteiger partial charge in [-0.3, -0.25) is 0 Å². The van der Waals surface area contributed by atoms with E-state index in [1.807, 2.05) is 0 Å². The Labute approximate surface area is 353 Å². The molecule has 0 amide bonds. The zero-order chi connectivity index (χ0) is 39.3. The molecule has 0 spiro atoms. The zero-order valence-electron chi connectivity index (χ0n) is 33.7. The van der Waals surface area contributed by atoms with Crippen LogP contribution in [0, 0.1) is 5.92 Å². The summed E-state index contributed by atoms with van der Waals surface area (Å²) < 4.78 is 0. The van der Waals surface area contributed by atoms with Gasteiger partial charge in [-0.1, -0.05) is 164 Å². The second-order valence-corrected chi connectivity index (χ2v) is 17.8. The largest absolute Gasteiger partial charge is 0.0802 e. The van der Waals surface area contributed by atoms with Crippen molar-refractivity contribution in [3.63, 3.8) is 0 Å². The Morgan fingerprint density at radius 1 is 0.283 bits per heavy atom. The number of rotatable bonds is 0. The summed E-state index contributed by atoms with van der Waals surface area (Å²) in [5.74, 6) is 1.30. The number of benzene rings is 8. The van der Waals surface area contributed by atoms with Crippen LogP contribution in [0.3, 0.4) is 0 Å². The molecule has 0 aromatic heterocycles. The molecule has 0 heteroatoms. The van der Waals surface area contributed by atoms with Gasteiger partial charge in [0.1, 0.15) is 0 Å². The predicted molar refractivity (Wildman–Crippen MR) is 249 cm³/mol. The molecule has 0 aliphatic heterocycles. The Balaban J connectivity index is 0.0000000926. The normalized spacial score (nSPS) is 17.1. The van der Waals surface area contributed by atoms with E-state index >= 15 is 0 Å². The van der Waals surface area contributed by atoms with E-state index in [1.54, 1.807) is 16.7 Å². The molecule has 0 saturated carbocycles. The van der Waals surface area contributed by atoms with Crippen LogP contribution in [0.4, 0.5) is 0 Å². The molecule has 0 saturated heterocycles. The molecule has 7 aliphatic rings. The Bertz CT molecular complexity index is 3020. The minimum atomic E-state index is 0.610. The van der Waals surface area contributed by atoms with Gasteiger partial charge in [0.05, 0.1) is 0 Å². The van der Waals surface area contributed by atoms with Crippen LogP contribution in [-0.4, -0.2) is 0 Å². The van der Waals surface area contributed by atoms with Crippen LogP contribution in [0.2, 0.25) is 0 Å². The predicted octanol–water partition coefficient (Wildman–Crippen LogP) is 14.3. The molecule has 15 rings (SSSR count). The van der Waals surface area contributed by atoms with Gasteiger partial charge < -0.3 is 0 Å². The van der Waals surface area contributed by atoms with E-state index in [9.17, 15) is 0 Å². The maximum atomic E-state index is 2.44. The van der Waals surface area contributed by atoms with Gasteiger partial charge in [-0.25, -0.2) is 0 Å². The molecule has 7 aliphatic carbocycles. The molecule has 60 heavy (non-hydrogen) atoms. The van der Waals surface area contributed by atoms with Gasteiger partial charge >= 0.3 is 0 Å². The fourth-order valence-electron chi connectivity index (χ4n) is 11.8. The second-order valence-electron chi connectivity index (χ2n) is 17.8. The summed E-state index contributed by atoms with van der Waals surface area (Å²) in [6.45, 7) is 0. The lowest BCUT2D eigenvalue weighted by Gasteiger charge is -2.18. The molecule has 0 N–H and O–H groups in total. The average molecular weight is 765 g/mol. The van der Waals surface area contributed by atoms with E-state index in [1.165, 1.54) is 112 Å². The molecule has 2 atom stereocenters. The minimum Gasteiger partial charge on any atom is -0.0802 e. The number of hydrogen-bond acceptors (Lipinski definition) is 0. The van der Waals surface area contributed by atoms with Gasteiger partial charge in [0, 0.05) is 5.92 Å². The van der Waals surface area contributed by atoms with E-state index in [0.29, 0.717) is 11.8 Å². The molecule has 0 nitrogen and oxygen atoms in total. The molecular formula is C60H44. The van der Waals surface area contributed by atoms with Gasteiger partial charge in [0.2, 0.25) is 0 Å². The van der Waals surface area contributed by atoms with Crippen molar-refractivity contribution in [2.24, 2.45) is 5.92 Å². The fraction of sp³-hybridized carbons (Fsp3) is 0.133. The van der Waals surface area contributed by atoms with E-state index in [-0.39, 0.29) is 0 Å². The zero-order valence-corrected chi connectivity index (χ0v) is 33.7. The summed E-state index contributed by atoms with van der Waals surface area (Å²) in [7, 11) is 0. The van der Waals surface area contributed by atoms with E-state index < -0.39 is 0 Å². The Morgan fingerprint density at radius 3 is 1.18 bits per heavy atom. The topological polar surface area (TPSA) is 0 Å². The quantitative estimate of drug-likeness (QED) is 0.144. The molecule has 0 bridgehead atoms. The Hall–Kier alpha value is -6.76. The third-order valence-corrected chi connectivity index (χ3v) is 14.6. The van der Waals surface area contributed by atoms with E-state index in [4.69, 9.17) is 0 Å². The molecule has 2 unspecified atom stereocenters. The number of hydrogen-bond donors (Lipinski definition) is 0. The van der Waals surface area contributed by atoms with Crippen molar-refractivity contribution >= 4 is 0 Å². The smallest absolute Gasteiger partial charge is 0.00930 e. The Kier molecular flexibility index (Phi) is 7.61. The number of fused-ring (bicyclic) bond motifs is 19. The van der Waals surface area contributed by atoms with E-state index in [2.05, 4.69) is 182 Å². The summed E-state index contributed by atoms with van der Waals surface area (Å²) in [5, 5.41) is 0. The third kappa shape index (κ3) is 5.30. The highest BCUT2D eigenvalue weighted by Crippen LogP contribution is 2.50. The van der Waals surface area contributed by atoms with Crippen molar-refractivity contribution in [3.05, 3.63) is 249 Å². The maximum Gasteiger partial charge on any atom is 0.00930 e. The first kappa shape index (κ1) is 34.1. The molecule has 0 fully saturated rings. The average Bonchev–Trinajstić information content (AvgIpc) is 4.15. The summed E-state index contributed by atoms with van der Waals surface area (Å²) in [6, 6.07) is 58.6. The highest BCUT2D eigenvalue weighted by molar-refractivity contribution is 5.87. The van der Waals surface area contributed by atoms with Crippen LogP contribution in [0.1, 0.15) is 72.7 Å². The first-order valence-electron chi connectivity index (χ1n) is 21.9. The van der Waals surface area contributed by atoms with Crippen LogP contribution in [0.25, 0.3) is 55.6 Å². The second kappa shape index (κ2) is 13.4. The summed E-state index contributed by atoms with van der Waals surface area (Å²) in [5.41, 5.74) is 32.6. The van der Waals surface area contributed by atoms with Crippen molar-refractivity contribution in [3.8, 4) is 55.6 Å². The first-order valence-corrected chi connectivity index (χ1v) is 21.9. The lowest BCUT2D eigenvalue weighted by Crippen LogP contribution is -2.05. The molecule has 0 radical (unpaired) electrons. The van der Waals surface area contributed by atoms with Crippen molar-refractivity contribution in [2.45, 2.75) is 44.4 Å². The summed E-state index contributed by atoms with van der Waals surface area (Å²) >= 11 is 0. The van der Waals surface area contributed by atoms with Crippen LogP contribution < -0.4 is 0 Å². The summed E-state index contributed by atoms with van der Waals surface area (Å²) in [4.78, 5) is 0. The molecule has 0 heterocycles. The van der Waals surface area contributed by atoms with Crippen LogP contribution in [0.15, 0.2) is 182 Å². The van der Waals surface area contributed by atoms with Crippen molar-refractivity contribution in [2.75, 3.05) is 0 Å². The lowest BCUT2D eigenvalue weighted by molar-refractivity contribution is 0.628. The monoisotopic (exact) mass is 764 g/mol.